The lowest BCUT2D eigenvalue weighted by atomic mass is 10.2. The molecule has 0 bridgehead atoms. The molecule has 2 aromatic heterocycles. The molecule has 0 aliphatic heterocycles. The number of carbonyl (C=O) groups is 1. The predicted octanol–water partition coefficient (Wildman–Crippen LogP) is 6.87. The minimum absolute atomic E-state index is 0.116. The third-order valence-corrected chi connectivity index (χ3v) is 6.54. The third kappa shape index (κ3) is 5.09. The zero-order valence-corrected chi connectivity index (χ0v) is 22.1. The molecular formula is C29H23ClFN5OS. The fourth-order valence-electron chi connectivity index (χ4n) is 4.32. The molecule has 0 saturated carbocycles. The van der Waals surface area contributed by atoms with Crippen molar-refractivity contribution >= 4 is 40.7 Å². The summed E-state index contributed by atoms with van der Waals surface area (Å²) >= 11 is 11.4. The number of rotatable bonds is 5. The van der Waals surface area contributed by atoms with Crippen molar-refractivity contribution in [2.24, 2.45) is 0 Å². The molecule has 6 nitrogen and oxygen atoms in total. The van der Waals surface area contributed by atoms with Crippen molar-refractivity contribution in [3.8, 4) is 22.6 Å². The number of anilines is 1. The van der Waals surface area contributed by atoms with E-state index in [4.69, 9.17) is 28.9 Å². The van der Waals surface area contributed by atoms with E-state index in [1.54, 1.807) is 41.1 Å². The van der Waals surface area contributed by atoms with Gasteiger partial charge < -0.3 is 9.88 Å². The van der Waals surface area contributed by atoms with Gasteiger partial charge in [0.1, 0.15) is 11.6 Å². The first-order valence-corrected chi connectivity index (χ1v) is 12.6. The van der Waals surface area contributed by atoms with Crippen LogP contribution in [0.4, 0.5) is 10.2 Å². The Morgan fingerprint density at radius 1 is 0.947 bits per heavy atom. The van der Waals surface area contributed by atoms with Crippen LogP contribution in [0.25, 0.3) is 22.6 Å². The van der Waals surface area contributed by atoms with Gasteiger partial charge in [-0.25, -0.2) is 9.07 Å². The van der Waals surface area contributed by atoms with Gasteiger partial charge in [-0.15, -0.1) is 0 Å². The van der Waals surface area contributed by atoms with E-state index in [1.165, 1.54) is 6.07 Å². The number of aromatic nitrogens is 3. The summed E-state index contributed by atoms with van der Waals surface area (Å²) in [6.07, 6.45) is 0. The number of amides is 1. The van der Waals surface area contributed by atoms with Crippen LogP contribution in [0.5, 0.6) is 0 Å². The fourth-order valence-corrected chi connectivity index (χ4v) is 4.64. The Morgan fingerprint density at radius 2 is 1.63 bits per heavy atom. The highest BCUT2D eigenvalue weighted by molar-refractivity contribution is 7.80. The Kier molecular flexibility index (Phi) is 7.09. The molecule has 0 atom stereocenters. The largest absolute Gasteiger partial charge is 0.317 e. The second kappa shape index (κ2) is 10.6. The Labute approximate surface area is 229 Å². The van der Waals surface area contributed by atoms with Crippen LogP contribution >= 0.6 is 23.8 Å². The molecule has 0 unspecified atom stereocenters. The maximum absolute atomic E-state index is 14.6. The minimum atomic E-state index is -0.362. The van der Waals surface area contributed by atoms with Crippen LogP contribution in [0.2, 0.25) is 5.02 Å². The highest BCUT2D eigenvalue weighted by atomic mass is 35.5. The first-order chi connectivity index (χ1) is 18.3. The third-order valence-electron chi connectivity index (χ3n) is 6.09. The molecule has 0 fully saturated rings. The van der Waals surface area contributed by atoms with Crippen LogP contribution in [-0.4, -0.2) is 25.4 Å². The Hall–Kier alpha value is -4.27. The van der Waals surface area contributed by atoms with Gasteiger partial charge in [0.05, 0.1) is 17.1 Å². The van der Waals surface area contributed by atoms with Crippen molar-refractivity contribution in [1.29, 1.82) is 0 Å². The molecular weight excluding hydrogens is 521 g/mol. The van der Waals surface area contributed by atoms with Crippen LogP contribution in [0.3, 0.4) is 0 Å². The SMILES string of the molecule is Cc1cc(-c2cc(NC(=S)NC(=O)c3ccc(Cl)cc3)n(-c3ccccc3)n2)c(C)n1-c1ccccc1F. The van der Waals surface area contributed by atoms with Crippen molar-refractivity contribution in [2.45, 2.75) is 13.8 Å². The number of para-hydroxylation sites is 2. The van der Waals surface area contributed by atoms with Gasteiger partial charge >= 0.3 is 0 Å². The lowest BCUT2D eigenvalue weighted by molar-refractivity contribution is 0.0977. The van der Waals surface area contributed by atoms with Crippen LogP contribution in [0.15, 0.2) is 91.0 Å². The number of benzene rings is 3. The quantitative estimate of drug-likeness (QED) is 0.238. The first kappa shape index (κ1) is 25.4. The molecule has 5 aromatic rings. The molecule has 0 radical (unpaired) electrons. The molecule has 5 rings (SSSR count). The monoisotopic (exact) mass is 543 g/mol. The summed E-state index contributed by atoms with van der Waals surface area (Å²) < 4.78 is 18.2. The second-order valence-corrected chi connectivity index (χ2v) is 9.49. The zero-order chi connectivity index (χ0) is 26.8. The number of nitrogens with zero attached hydrogens (tertiary/aromatic N) is 3. The van der Waals surface area contributed by atoms with Crippen molar-refractivity contribution in [3.63, 3.8) is 0 Å². The van der Waals surface area contributed by atoms with Crippen LogP contribution in [0, 0.1) is 19.7 Å². The number of aryl methyl sites for hydroxylation is 1. The summed E-state index contributed by atoms with van der Waals surface area (Å²) in [5.74, 6) is -0.110. The van der Waals surface area contributed by atoms with Gasteiger partial charge in [0.2, 0.25) is 0 Å². The second-order valence-electron chi connectivity index (χ2n) is 8.65. The highest BCUT2D eigenvalue weighted by Crippen LogP contribution is 2.32. The van der Waals surface area contributed by atoms with E-state index in [0.717, 1.165) is 22.6 Å². The molecule has 0 aliphatic carbocycles. The topological polar surface area (TPSA) is 63.9 Å². The number of thiocarbonyl (C=S) groups is 1. The summed E-state index contributed by atoms with van der Waals surface area (Å²) in [6.45, 7) is 3.86. The average Bonchev–Trinajstić information content (AvgIpc) is 3.45. The number of halogens is 2. The van der Waals surface area contributed by atoms with Gasteiger partial charge in [-0.3, -0.25) is 10.1 Å². The van der Waals surface area contributed by atoms with Gasteiger partial charge in [0.25, 0.3) is 5.91 Å². The van der Waals surface area contributed by atoms with Gasteiger partial charge in [0, 0.05) is 33.6 Å². The van der Waals surface area contributed by atoms with Crippen LogP contribution < -0.4 is 10.6 Å². The smallest absolute Gasteiger partial charge is 0.257 e. The Morgan fingerprint density at radius 3 is 2.34 bits per heavy atom. The molecule has 38 heavy (non-hydrogen) atoms. The standard InChI is InChI=1S/C29H23ClFN5OS/c1-18-16-23(19(2)35(18)26-11-7-6-10-24(26)31)25-17-27(36(34-25)22-8-4-3-5-9-22)32-29(38)33-28(37)20-12-14-21(30)15-13-20/h3-17H,1-2H3,(H2,32,33,37,38). The van der Waals surface area contributed by atoms with Crippen molar-refractivity contribution < 1.29 is 9.18 Å². The van der Waals surface area contributed by atoms with Crippen LogP contribution in [-0.2, 0) is 0 Å². The summed E-state index contributed by atoms with van der Waals surface area (Å²) in [6, 6.07) is 26.6. The Balaban J connectivity index is 1.49. The lowest BCUT2D eigenvalue weighted by Gasteiger charge is -2.11. The average molecular weight is 544 g/mol. The maximum atomic E-state index is 14.6. The van der Waals surface area contributed by atoms with E-state index in [-0.39, 0.29) is 16.8 Å². The summed E-state index contributed by atoms with van der Waals surface area (Å²) in [4.78, 5) is 12.6. The molecule has 0 spiro atoms. The lowest BCUT2D eigenvalue weighted by Crippen LogP contribution is -2.34. The summed E-state index contributed by atoms with van der Waals surface area (Å²) in [5.41, 5.74) is 4.93. The normalized spacial score (nSPS) is 10.8. The molecule has 2 N–H and O–H groups in total. The van der Waals surface area contributed by atoms with E-state index in [1.807, 2.05) is 66.9 Å². The van der Waals surface area contributed by atoms with E-state index in [9.17, 15) is 9.18 Å². The van der Waals surface area contributed by atoms with E-state index in [0.29, 0.717) is 27.8 Å². The van der Waals surface area contributed by atoms with Gasteiger partial charge in [-0.1, -0.05) is 41.9 Å². The summed E-state index contributed by atoms with van der Waals surface area (Å²) in [5, 5.41) is 11.3. The van der Waals surface area contributed by atoms with E-state index >= 15 is 0 Å². The molecule has 9 heteroatoms. The molecule has 0 aliphatic rings. The van der Waals surface area contributed by atoms with Crippen molar-refractivity contribution in [3.05, 3.63) is 119 Å². The number of hydrogen-bond acceptors (Lipinski definition) is 3. The number of nitrogens with one attached hydrogen (secondary N) is 2. The predicted molar refractivity (Wildman–Crippen MR) is 153 cm³/mol. The first-order valence-electron chi connectivity index (χ1n) is 11.8. The van der Waals surface area contributed by atoms with E-state index < -0.39 is 0 Å². The zero-order valence-electron chi connectivity index (χ0n) is 20.6. The summed E-state index contributed by atoms with van der Waals surface area (Å²) in [7, 11) is 0. The highest BCUT2D eigenvalue weighted by Gasteiger charge is 2.19. The molecule has 1 amide bonds. The van der Waals surface area contributed by atoms with Crippen molar-refractivity contribution in [1.82, 2.24) is 19.7 Å². The van der Waals surface area contributed by atoms with Gasteiger partial charge in [-0.2, -0.15) is 5.10 Å². The minimum Gasteiger partial charge on any atom is -0.317 e. The van der Waals surface area contributed by atoms with Gasteiger partial charge in [-0.05, 0) is 80.7 Å². The molecule has 0 saturated heterocycles. The fraction of sp³-hybridized carbons (Fsp3) is 0.0690. The maximum Gasteiger partial charge on any atom is 0.257 e. The number of carbonyl (C=O) groups excluding carboxylic acids is 1. The molecule has 190 valence electrons. The molecule has 3 aromatic carbocycles. The van der Waals surface area contributed by atoms with E-state index in [2.05, 4.69) is 10.6 Å². The van der Waals surface area contributed by atoms with Gasteiger partial charge in [0.15, 0.2) is 5.11 Å². The molecule has 2 heterocycles. The Bertz CT molecular complexity index is 1640. The number of hydrogen-bond donors (Lipinski definition) is 2. The van der Waals surface area contributed by atoms with Crippen LogP contribution in [0.1, 0.15) is 21.7 Å². The van der Waals surface area contributed by atoms with Crippen molar-refractivity contribution in [2.75, 3.05) is 5.32 Å².